The first-order valence-corrected chi connectivity index (χ1v) is 8.95. The second-order valence-electron chi connectivity index (χ2n) is 5.98. The fourth-order valence-corrected chi connectivity index (χ4v) is 3.52. The lowest BCUT2D eigenvalue weighted by Crippen LogP contribution is -2.43. The second-order valence-corrected chi connectivity index (χ2v) is 6.96. The van der Waals surface area contributed by atoms with E-state index in [9.17, 15) is 9.59 Å². The maximum Gasteiger partial charge on any atom is 0.248 e. The van der Waals surface area contributed by atoms with Crippen LogP contribution >= 0.6 is 11.3 Å². The Hall–Kier alpha value is -2.28. The van der Waals surface area contributed by atoms with Crippen LogP contribution in [0.2, 0.25) is 0 Å². The summed E-state index contributed by atoms with van der Waals surface area (Å²) < 4.78 is 0. The van der Waals surface area contributed by atoms with E-state index >= 15 is 0 Å². The van der Waals surface area contributed by atoms with Gasteiger partial charge in [-0.15, -0.1) is 10.2 Å². The van der Waals surface area contributed by atoms with Gasteiger partial charge in [-0.25, -0.2) is 0 Å². The van der Waals surface area contributed by atoms with Gasteiger partial charge in [0.25, 0.3) is 0 Å². The first kappa shape index (κ1) is 16.6. The van der Waals surface area contributed by atoms with Gasteiger partial charge in [0, 0.05) is 11.5 Å². The number of anilines is 1. The highest BCUT2D eigenvalue weighted by Gasteiger charge is 2.25. The molecule has 7 heteroatoms. The van der Waals surface area contributed by atoms with Crippen LogP contribution in [-0.2, 0) is 9.59 Å². The number of aromatic nitrogens is 2. The number of carbonyl (C=O) groups is 2. The zero-order valence-corrected chi connectivity index (χ0v) is 14.3. The van der Waals surface area contributed by atoms with E-state index in [0.29, 0.717) is 5.13 Å². The van der Waals surface area contributed by atoms with Gasteiger partial charge < -0.3 is 5.32 Å². The number of amides is 2. The summed E-state index contributed by atoms with van der Waals surface area (Å²) in [5.74, 6) is -0.263. The molecule has 6 nitrogen and oxygen atoms in total. The standard InChI is InChI=1S/C17H20N4O2S/c1-11(18-15(23)12-7-5-6-8-12)14(22)19-17-21-20-16(24-17)13-9-3-2-4-10-13/h2-4,9-12H,5-8H2,1H3,(H,18,23)(H,19,21,22). The van der Waals surface area contributed by atoms with Crippen molar-refractivity contribution in [1.82, 2.24) is 15.5 Å². The molecule has 0 bridgehead atoms. The summed E-state index contributed by atoms with van der Waals surface area (Å²) in [6.45, 7) is 1.68. The molecule has 1 aliphatic carbocycles. The Balaban J connectivity index is 1.56. The van der Waals surface area contributed by atoms with Gasteiger partial charge in [-0.2, -0.15) is 0 Å². The fraction of sp³-hybridized carbons (Fsp3) is 0.412. The Morgan fingerprint density at radius 2 is 1.88 bits per heavy atom. The van der Waals surface area contributed by atoms with E-state index < -0.39 is 6.04 Å². The normalized spacial score (nSPS) is 15.9. The summed E-state index contributed by atoms with van der Waals surface area (Å²) in [7, 11) is 0. The summed E-state index contributed by atoms with van der Waals surface area (Å²) in [5, 5.41) is 14.8. The zero-order chi connectivity index (χ0) is 16.9. The predicted molar refractivity (Wildman–Crippen MR) is 93.5 cm³/mol. The SMILES string of the molecule is CC(NC(=O)C1CCCC1)C(=O)Nc1nnc(-c2ccccc2)s1. The monoisotopic (exact) mass is 344 g/mol. The van der Waals surface area contributed by atoms with E-state index in [1.807, 2.05) is 30.3 Å². The van der Waals surface area contributed by atoms with Gasteiger partial charge in [0.1, 0.15) is 11.0 Å². The Morgan fingerprint density at radius 3 is 2.58 bits per heavy atom. The first-order chi connectivity index (χ1) is 11.6. The molecule has 1 unspecified atom stereocenters. The molecule has 3 rings (SSSR count). The summed E-state index contributed by atoms with van der Waals surface area (Å²) in [4.78, 5) is 24.3. The minimum absolute atomic E-state index is 0.0302. The van der Waals surface area contributed by atoms with Gasteiger partial charge in [0.05, 0.1) is 0 Å². The number of carbonyl (C=O) groups excluding carboxylic acids is 2. The van der Waals surface area contributed by atoms with Crippen LogP contribution in [0.3, 0.4) is 0 Å². The Labute approximate surface area is 144 Å². The van der Waals surface area contributed by atoms with Gasteiger partial charge in [0.15, 0.2) is 0 Å². The van der Waals surface area contributed by atoms with Crippen LogP contribution in [0.15, 0.2) is 30.3 Å². The first-order valence-electron chi connectivity index (χ1n) is 8.13. The van der Waals surface area contributed by atoms with Crippen LogP contribution < -0.4 is 10.6 Å². The molecule has 2 N–H and O–H groups in total. The molecule has 1 saturated carbocycles. The molecule has 0 radical (unpaired) electrons. The van der Waals surface area contributed by atoms with Gasteiger partial charge in [-0.3, -0.25) is 14.9 Å². The van der Waals surface area contributed by atoms with E-state index in [4.69, 9.17) is 0 Å². The number of nitrogens with zero attached hydrogens (tertiary/aromatic N) is 2. The number of rotatable bonds is 5. The topological polar surface area (TPSA) is 84.0 Å². The lowest BCUT2D eigenvalue weighted by molar-refractivity contribution is -0.128. The Kier molecular flexibility index (Phi) is 5.20. The molecule has 24 heavy (non-hydrogen) atoms. The van der Waals surface area contributed by atoms with Crippen molar-refractivity contribution in [3.8, 4) is 10.6 Å². The minimum Gasteiger partial charge on any atom is -0.344 e. The average molecular weight is 344 g/mol. The van der Waals surface area contributed by atoms with Crippen LogP contribution in [0.4, 0.5) is 5.13 Å². The summed E-state index contributed by atoms with van der Waals surface area (Å²) in [6, 6.07) is 9.07. The second kappa shape index (κ2) is 7.53. The molecule has 0 spiro atoms. The molecule has 1 atom stereocenters. The van der Waals surface area contributed by atoms with E-state index in [2.05, 4.69) is 20.8 Å². The molecule has 1 aromatic carbocycles. The van der Waals surface area contributed by atoms with E-state index in [0.717, 1.165) is 36.3 Å². The third-order valence-electron chi connectivity index (χ3n) is 4.15. The zero-order valence-electron chi connectivity index (χ0n) is 13.5. The molecule has 1 aliphatic rings. The third kappa shape index (κ3) is 3.97. The van der Waals surface area contributed by atoms with Gasteiger partial charge in [-0.1, -0.05) is 54.5 Å². The molecule has 0 aliphatic heterocycles. The maximum atomic E-state index is 12.2. The molecule has 2 amide bonds. The van der Waals surface area contributed by atoms with Crippen molar-refractivity contribution >= 4 is 28.3 Å². The molecule has 0 saturated heterocycles. The highest BCUT2D eigenvalue weighted by Crippen LogP contribution is 2.26. The molecule has 1 fully saturated rings. The lowest BCUT2D eigenvalue weighted by Gasteiger charge is -2.15. The van der Waals surface area contributed by atoms with Gasteiger partial charge in [-0.05, 0) is 19.8 Å². The van der Waals surface area contributed by atoms with Gasteiger partial charge in [0.2, 0.25) is 16.9 Å². The summed E-state index contributed by atoms with van der Waals surface area (Å²) in [5.41, 5.74) is 0.957. The van der Waals surface area contributed by atoms with Crippen molar-refractivity contribution in [1.29, 1.82) is 0 Å². The van der Waals surface area contributed by atoms with Crippen LogP contribution in [-0.4, -0.2) is 28.1 Å². The van der Waals surface area contributed by atoms with E-state index in [-0.39, 0.29) is 17.7 Å². The minimum atomic E-state index is -0.595. The lowest BCUT2D eigenvalue weighted by atomic mass is 10.1. The average Bonchev–Trinajstić information content (AvgIpc) is 3.27. The number of hydrogen-bond donors (Lipinski definition) is 2. The van der Waals surface area contributed by atoms with Crippen LogP contribution in [0.1, 0.15) is 32.6 Å². The number of hydrogen-bond acceptors (Lipinski definition) is 5. The van der Waals surface area contributed by atoms with Crippen LogP contribution in [0.5, 0.6) is 0 Å². The highest BCUT2D eigenvalue weighted by atomic mass is 32.1. The van der Waals surface area contributed by atoms with Gasteiger partial charge >= 0.3 is 0 Å². The summed E-state index contributed by atoms with van der Waals surface area (Å²) in [6.07, 6.45) is 4.01. The maximum absolute atomic E-state index is 12.2. The smallest absolute Gasteiger partial charge is 0.248 e. The van der Waals surface area contributed by atoms with Crippen LogP contribution in [0.25, 0.3) is 10.6 Å². The van der Waals surface area contributed by atoms with Crippen molar-refractivity contribution in [2.24, 2.45) is 5.92 Å². The highest BCUT2D eigenvalue weighted by molar-refractivity contribution is 7.18. The largest absolute Gasteiger partial charge is 0.344 e. The van der Waals surface area contributed by atoms with Crippen molar-refractivity contribution in [2.75, 3.05) is 5.32 Å². The third-order valence-corrected chi connectivity index (χ3v) is 5.04. The van der Waals surface area contributed by atoms with E-state index in [1.165, 1.54) is 11.3 Å². The molecule has 1 heterocycles. The van der Waals surface area contributed by atoms with Crippen LogP contribution in [0, 0.1) is 5.92 Å². The molecule has 1 aromatic heterocycles. The number of benzene rings is 1. The predicted octanol–water partition coefficient (Wildman–Crippen LogP) is 2.84. The number of nitrogens with one attached hydrogen (secondary N) is 2. The molecule has 2 aromatic rings. The van der Waals surface area contributed by atoms with Crippen molar-refractivity contribution in [3.05, 3.63) is 30.3 Å². The van der Waals surface area contributed by atoms with Crippen molar-refractivity contribution < 1.29 is 9.59 Å². The van der Waals surface area contributed by atoms with E-state index in [1.54, 1.807) is 6.92 Å². The molecular formula is C17H20N4O2S. The Morgan fingerprint density at radius 1 is 1.17 bits per heavy atom. The van der Waals surface area contributed by atoms with Crippen molar-refractivity contribution in [3.63, 3.8) is 0 Å². The quantitative estimate of drug-likeness (QED) is 0.873. The molecule has 126 valence electrons. The fourth-order valence-electron chi connectivity index (χ4n) is 2.77. The summed E-state index contributed by atoms with van der Waals surface area (Å²) >= 11 is 1.31. The molecular weight excluding hydrogens is 324 g/mol. The van der Waals surface area contributed by atoms with Crippen molar-refractivity contribution in [2.45, 2.75) is 38.6 Å². The Bertz CT molecular complexity index is 710.